The first-order valence-electron chi connectivity index (χ1n) is 9.13. The van der Waals surface area contributed by atoms with Crippen LogP contribution in [0.25, 0.3) is 0 Å². The summed E-state index contributed by atoms with van der Waals surface area (Å²) in [7, 11) is -4.13. The number of nitrogens with zero attached hydrogens (tertiary/aromatic N) is 2. The van der Waals surface area contributed by atoms with Gasteiger partial charge in [-0.3, -0.25) is 4.79 Å². The molecule has 1 aliphatic rings. The number of hydrogen-bond donors (Lipinski definition) is 0. The van der Waals surface area contributed by atoms with E-state index < -0.39 is 39.2 Å². The summed E-state index contributed by atoms with van der Waals surface area (Å²) in [6.45, 7) is 8.16. The predicted octanol–water partition coefficient (Wildman–Crippen LogP) is 1.43. The first-order chi connectivity index (χ1) is 13.7. The molecule has 0 aliphatic carbocycles. The van der Waals surface area contributed by atoms with Gasteiger partial charge in [0.15, 0.2) is 6.61 Å². The van der Waals surface area contributed by atoms with Crippen LogP contribution in [0.4, 0.5) is 4.39 Å². The number of ether oxygens (including phenoxy) is 2. The van der Waals surface area contributed by atoms with Gasteiger partial charge >= 0.3 is 5.97 Å². The van der Waals surface area contributed by atoms with Gasteiger partial charge in [0.2, 0.25) is 10.0 Å². The number of carbonyl (C=O) groups is 2. The fraction of sp³-hybridized carbons (Fsp3) is 0.474. The van der Waals surface area contributed by atoms with Crippen molar-refractivity contribution in [3.05, 3.63) is 41.7 Å². The van der Waals surface area contributed by atoms with Gasteiger partial charge in [0, 0.05) is 26.2 Å². The van der Waals surface area contributed by atoms with E-state index in [4.69, 9.17) is 9.47 Å². The molecule has 29 heavy (non-hydrogen) atoms. The summed E-state index contributed by atoms with van der Waals surface area (Å²) in [5.41, 5.74) is 0.622. The first kappa shape index (κ1) is 23.0. The molecule has 0 saturated carbocycles. The van der Waals surface area contributed by atoms with Crippen LogP contribution in [0.3, 0.4) is 0 Å². The van der Waals surface area contributed by atoms with Gasteiger partial charge in [0.25, 0.3) is 5.91 Å². The molecule has 8 nitrogen and oxygen atoms in total. The molecule has 1 aromatic carbocycles. The summed E-state index contributed by atoms with van der Waals surface area (Å²) < 4.78 is 50.8. The fourth-order valence-corrected chi connectivity index (χ4v) is 4.26. The third-order valence-corrected chi connectivity index (χ3v) is 6.19. The number of esters is 1. The predicted molar refractivity (Wildman–Crippen MR) is 103 cm³/mol. The molecule has 2 rings (SSSR count). The average molecular weight is 428 g/mol. The molecule has 1 amide bonds. The molecule has 0 N–H and O–H groups in total. The fourth-order valence-electron chi connectivity index (χ4n) is 2.76. The van der Waals surface area contributed by atoms with Crippen LogP contribution in [0, 0.1) is 5.82 Å². The second kappa shape index (κ2) is 9.95. The lowest BCUT2D eigenvalue weighted by Gasteiger charge is -2.26. The van der Waals surface area contributed by atoms with E-state index in [1.165, 1.54) is 4.90 Å². The van der Waals surface area contributed by atoms with E-state index in [1.54, 1.807) is 13.8 Å². The van der Waals surface area contributed by atoms with Crippen LogP contribution in [0.1, 0.15) is 24.2 Å². The number of benzene rings is 1. The Balaban J connectivity index is 2.13. The molecule has 0 spiro atoms. The maximum Gasteiger partial charge on any atom is 0.338 e. The van der Waals surface area contributed by atoms with Crippen LogP contribution < -0.4 is 0 Å². The van der Waals surface area contributed by atoms with E-state index in [1.807, 2.05) is 0 Å². The third kappa shape index (κ3) is 5.84. The normalized spacial score (nSPS) is 15.0. The number of halogens is 1. The van der Waals surface area contributed by atoms with Crippen molar-refractivity contribution in [2.75, 3.05) is 46.0 Å². The highest BCUT2D eigenvalue weighted by atomic mass is 32.2. The molecular formula is C19H25FN2O6S. The lowest BCUT2D eigenvalue weighted by atomic mass is 10.2. The minimum absolute atomic E-state index is 0.0977. The lowest BCUT2D eigenvalue weighted by Crippen LogP contribution is -2.41. The Kier molecular flexibility index (Phi) is 7.88. The van der Waals surface area contributed by atoms with Crippen LogP contribution in [0.2, 0.25) is 0 Å². The standard InChI is InChI=1S/C19H25FN2O6S/c1-4-21(12-14(2)3)18(23)13-28-19(24)15-5-6-16(20)17(11-15)29(25,26)22-7-9-27-10-8-22/h5-6,11H,2,4,7-10,12-13H2,1,3H3. The van der Waals surface area contributed by atoms with Crippen LogP contribution in [-0.2, 0) is 24.3 Å². The Labute approximate surface area is 169 Å². The van der Waals surface area contributed by atoms with Crippen LogP contribution in [-0.4, -0.2) is 75.5 Å². The number of amides is 1. The van der Waals surface area contributed by atoms with E-state index >= 15 is 0 Å². The van der Waals surface area contributed by atoms with E-state index in [0.717, 1.165) is 28.1 Å². The average Bonchev–Trinajstić information content (AvgIpc) is 2.70. The Morgan fingerprint density at radius 3 is 2.55 bits per heavy atom. The van der Waals surface area contributed by atoms with Crippen molar-refractivity contribution in [3.63, 3.8) is 0 Å². The zero-order chi connectivity index (χ0) is 21.6. The van der Waals surface area contributed by atoms with Gasteiger partial charge in [-0.05, 0) is 32.0 Å². The summed E-state index contributed by atoms with van der Waals surface area (Å²) in [6, 6.07) is 2.94. The Morgan fingerprint density at radius 1 is 1.31 bits per heavy atom. The second-order valence-electron chi connectivity index (χ2n) is 6.60. The third-order valence-electron chi connectivity index (χ3n) is 4.28. The van der Waals surface area contributed by atoms with Crippen molar-refractivity contribution < 1.29 is 31.9 Å². The summed E-state index contributed by atoms with van der Waals surface area (Å²) in [5, 5.41) is 0. The van der Waals surface area contributed by atoms with Gasteiger partial charge in [0.1, 0.15) is 10.7 Å². The number of sulfonamides is 1. The van der Waals surface area contributed by atoms with Gasteiger partial charge in [-0.1, -0.05) is 12.2 Å². The van der Waals surface area contributed by atoms with Crippen LogP contribution in [0.5, 0.6) is 0 Å². The minimum atomic E-state index is -4.13. The Morgan fingerprint density at radius 2 is 1.97 bits per heavy atom. The quantitative estimate of drug-likeness (QED) is 0.459. The molecule has 0 bridgehead atoms. The zero-order valence-electron chi connectivity index (χ0n) is 16.5. The summed E-state index contributed by atoms with van der Waals surface area (Å²) in [6.07, 6.45) is 0. The van der Waals surface area contributed by atoms with E-state index in [9.17, 15) is 22.4 Å². The number of morpholine rings is 1. The van der Waals surface area contributed by atoms with Crippen LogP contribution in [0.15, 0.2) is 35.2 Å². The molecule has 0 radical (unpaired) electrons. The maximum absolute atomic E-state index is 14.2. The molecular weight excluding hydrogens is 403 g/mol. The second-order valence-corrected chi connectivity index (χ2v) is 8.51. The van der Waals surface area contributed by atoms with Crippen LogP contribution >= 0.6 is 0 Å². The summed E-state index contributed by atoms with van der Waals surface area (Å²) in [5.74, 6) is -2.29. The van der Waals surface area contributed by atoms with Gasteiger partial charge in [-0.15, -0.1) is 0 Å². The molecule has 1 saturated heterocycles. The number of rotatable bonds is 8. The summed E-state index contributed by atoms with van der Waals surface area (Å²) in [4.78, 5) is 25.3. The smallest absolute Gasteiger partial charge is 0.338 e. The van der Waals surface area contributed by atoms with Gasteiger partial charge in [-0.25, -0.2) is 17.6 Å². The molecule has 160 valence electrons. The highest BCUT2D eigenvalue weighted by Gasteiger charge is 2.30. The molecule has 0 atom stereocenters. The Hall–Kier alpha value is -2.30. The zero-order valence-corrected chi connectivity index (χ0v) is 17.3. The number of hydrogen-bond acceptors (Lipinski definition) is 6. The Bertz CT molecular complexity index is 881. The highest BCUT2D eigenvalue weighted by molar-refractivity contribution is 7.89. The largest absolute Gasteiger partial charge is 0.452 e. The van der Waals surface area contributed by atoms with Gasteiger partial charge < -0.3 is 14.4 Å². The topological polar surface area (TPSA) is 93.2 Å². The van der Waals surface area contributed by atoms with E-state index in [0.29, 0.717) is 13.1 Å². The molecule has 1 heterocycles. The van der Waals surface area contributed by atoms with Crippen molar-refractivity contribution in [3.8, 4) is 0 Å². The van der Waals surface area contributed by atoms with Crippen molar-refractivity contribution in [2.24, 2.45) is 0 Å². The SMILES string of the molecule is C=C(C)CN(CC)C(=O)COC(=O)c1ccc(F)c(S(=O)(=O)N2CCOCC2)c1. The summed E-state index contributed by atoms with van der Waals surface area (Å²) >= 11 is 0. The highest BCUT2D eigenvalue weighted by Crippen LogP contribution is 2.22. The maximum atomic E-state index is 14.2. The molecule has 1 fully saturated rings. The molecule has 0 unspecified atom stereocenters. The van der Waals surface area contributed by atoms with Crippen molar-refractivity contribution in [2.45, 2.75) is 18.7 Å². The number of carbonyl (C=O) groups excluding carboxylic acids is 2. The minimum Gasteiger partial charge on any atom is -0.452 e. The van der Waals surface area contributed by atoms with Crippen molar-refractivity contribution >= 4 is 21.9 Å². The van der Waals surface area contributed by atoms with Crippen molar-refractivity contribution in [1.29, 1.82) is 0 Å². The number of likely N-dealkylation sites (N-methyl/N-ethyl adjacent to an activating group) is 1. The lowest BCUT2D eigenvalue weighted by molar-refractivity contribution is -0.133. The molecule has 1 aromatic rings. The monoisotopic (exact) mass is 428 g/mol. The van der Waals surface area contributed by atoms with E-state index in [2.05, 4.69) is 6.58 Å². The molecule has 10 heteroatoms. The molecule has 1 aliphatic heterocycles. The van der Waals surface area contributed by atoms with E-state index in [-0.39, 0.29) is 31.9 Å². The van der Waals surface area contributed by atoms with Gasteiger partial charge in [0.05, 0.1) is 18.8 Å². The first-order valence-corrected chi connectivity index (χ1v) is 10.6. The van der Waals surface area contributed by atoms with Gasteiger partial charge in [-0.2, -0.15) is 4.31 Å². The van der Waals surface area contributed by atoms with Crippen molar-refractivity contribution in [1.82, 2.24) is 9.21 Å². The molecule has 0 aromatic heterocycles.